The van der Waals surface area contributed by atoms with Crippen molar-refractivity contribution >= 4 is 58.1 Å². The summed E-state index contributed by atoms with van der Waals surface area (Å²) in [6.45, 7) is 4.58. The number of hydrogen-bond donors (Lipinski definition) is 2. The van der Waals surface area contributed by atoms with Crippen LogP contribution in [0.25, 0.3) is 0 Å². The number of nitrogens with one attached hydrogen (secondary N) is 2. The van der Waals surface area contributed by atoms with Gasteiger partial charge in [0.2, 0.25) is 13.0 Å². The van der Waals surface area contributed by atoms with Crippen LogP contribution in [0.5, 0.6) is 0 Å². The van der Waals surface area contributed by atoms with E-state index >= 15 is 0 Å². The van der Waals surface area contributed by atoms with Crippen LogP contribution in [-0.4, -0.2) is 76.3 Å². The van der Waals surface area contributed by atoms with Crippen molar-refractivity contribution in [2.75, 3.05) is 24.8 Å². The number of carbonyl (C=O) groups excluding carboxylic acids is 4. The molecule has 178 valence electrons. The minimum Gasteiger partial charge on any atom is -0.499 e. The third-order valence-corrected chi connectivity index (χ3v) is 6.28. The number of fused-ring (bicyclic) bond motifs is 1. The summed E-state index contributed by atoms with van der Waals surface area (Å²) in [6, 6.07) is -0.778. The summed E-state index contributed by atoms with van der Waals surface area (Å²) in [6.07, 6.45) is 2.06. The quantitative estimate of drug-likeness (QED) is 0.165. The molecule has 0 spiro atoms. The first-order valence-electron chi connectivity index (χ1n) is 9.70. The lowest BCUT2D eigenvalue weighted by molar-refractivity contribution is -0.160. The number of thiazole rings is 1. The third kappa shape index (κ3) is 6.01. The predicted octanol–water partition coefficient (Wildman–Crippen LogP) is 0.661. The number of ether oxygens (including phenoxy) is 2. The van der Waals surface area contributed by atoms with Crippen LogP contribution in [0.2, 0.25) is 0 Å². The van der Waals surface area contributed by atoms with Gasteiger partial charge in [0.25, 0.3) is 11.8 Å². The summed E-state index contributed by atoms with van der Waals surface area (Å²) < 4.78 is 10.3. The minimum atomic E-state index is -0.778. The molecule has 1 saturated heterocycles. The molecule has 1 unspecified atom stereocenters. The molecule has 1 aromatic heterocycles. The van der Waals surface area contributed by atoms with Gasteiger partial charge < -0.3 is 24.9 Å². The van der Waals surface area contributed by atoms with Crippen molar-refractivity contribution < 1.29 is 33.5 Å². The molecule has 1 aromatic rings. The minimum absolute atomic E-state index is 0.104. The average Bonchev–Trinajstić information content (AvgIpc) is 3.21. The molecule has 1 fully saturated rings. The summed E-state index contributed by atoms with van der Waals surface area (Å²) in [4.78, 5) is 58.6. The maximum atomic E-state index is 13.0. The average molecular weight is 498 g/mol. The van der Waals surface area contributed by atoms with Crippen molar-refractivity contribution in [1.29, 1.82) is 0 Å². The Morgan fingerprint density at radius 1 is 1.39 bits per heavy atom. The SMILES string of the molecule is COC1=CN2C(=O)C(NC(=O)C(=NOCC(=O)OC(C)(C)C)c3csc(NC=O)n3)[C@@H]2SC1. The Labute approximate surface area is 197 Å². The van der Waals surface area contributed by atoms with Gasteiger partial charge in [0, 0.05) is 11.6 Å². The highest BCUT2D eigenvalue weighted by Gasteiger charge is 2.50. The number of esters is 1. The van der Waals surface area contributed by atoms with Crippen LogP contribution >= 0.6 is 23.1 Å². The van der Waals surface area contributed by atoms with E-state index in [9.17, 15) is 19.2 Å². The molecular formula is C19H23N5O7S2. The fourth-order valence-corrected chi connectivity index (χ4v) is 4.72. The molecule has 3 rings (SSSR count). The van der Waals surface area contributed by atoms with E-state index in [1.165, 1.54) is 29.2 Å². The summed E-state index contributed by atoms with van der Waals surface area (Å²) in [7, 11) is 1.53. The molecule has 2 atom stereocenters. The molecule has 2 aliphatic heterocycles. The maximum Gasteiger partial charge on any atom is 0.347 e. The Hall–Kier alpha value is -3.13. The normalized spacial score (nSPS) is 20.1. The largest absolute Gasteiger partial charge is 0.499 e. The summed E-state index contributed by atoms with van der Waals surface area (Å²) in [5, 5.41) is 10.2. The zero-order valence-electron chi connectivity index (χ0n) is 18.3. The monoisotopic (exact) mass is 497 g/mol. The van der Waals surface area contributed by atoms with Crippen LogP contribution in [0, 0.1) is 0 Å². The lowest BCUT2D eigenvalue weighted by Crippen LogP contribution is -2.69. The van der Waals surface area contributed by atoms with Crippen molar-refractivity contribution in [3.63, 3.8) is 0 Å². The van der Waals surface area contributed by atoms with E-state index in [0.29, 0.717) is 17.9 Å². The van der Waals surface area contributed by atoms with Crippen LogP contribution in [0.1, 0.15) is 26.5 Å². The van der Waals surface area contributed by atoms with Crippen molar-refractivity contribution in [3.8, 4) is 0 Å². The van der Waals surface area contributed by atoms with E-state index in [1.54, 1.807) is 27.0 Å². The third-order valence-electron chi connectivity index (χ3n) is 4.21. The smallest absolute Gasteiger partial charge is 0.347 e. The number of oxime groups is 1. The van der Waals surface area contributed by atoms with E-state index in [1.807, 2.05) is 0 Å². The van der Waals surface area contributed by atoms with Gasteiger partial charge in [-0.2, -0.15) is 0 Å². The van der Waals surface area contributed by atoms with Gasteiger partial charge in [-0.05, 0) is 20.8 Å². The highest BCUT2D eigenvalue weighted by molar-refractivity contribution is 8.00. The Morgan fingerprint density at radius 2 is 2.15 bits per heavy atom. The maximum absolute atomic E-state index is 13.0. The van der Waals surface area contributed by atoms with E-state index in [2.05, 4.69) is 20.8 Å². The molecule has 33 heavy (non-hydrogen) atoms. The Morgan fingerprint density at radius 3 is 2.82 bits per heavy atom. The van der Waals surface area contributed by atoms with Gasteiger partial charge in [0.15, 0.2) is 10.8 Å². The van der Waals surface area contributed by atoms with Gasteiger partial charge in [0.1, 0.15) is 28.5 Å². The Balaban J connectivity index is 1.72. The van der Waals surface area contributed by atoms with Gasteiger partial charge in [-0.15, -0.1) is 23.1 Å². The first kappa shape index (κ1) is 24.5. The zero-order chi connectivity index (χ0) is 24.2. The van der Waals surface area contributed by atoms with E-state index in [-0.39, 0.29) is 27.8 Å². The van der Waals surface area contributed by atoms with Crippen LogP contribution in [0.3, 0.4) is 0 Å². The molecule has 12 nitrogen and oxygen atoms in total. The Bertz CT molecular complexity index is 1000. The van der Waals surface area contributed by atoms with Crippen LogP contribution < -0.4 is 10.6 Å². The first-order valence-corrected chi connectivity index (χ1v) is 11.6. The summed E-state index contributed by atoms with van der Waals surface area (Å²) >= 11 is 2.51. The Kier molecular flexibility index (Phi) is 7.58. The molecular weight excluding hydrogens is 474 g/mol. The second-order valence-corrected chi connectivity index (χ2v) is 9.76. The number of aromatic nitrogens is 1. The van der Waals surface area contributed by atoms with Gasteiger partial charge in [-0.25, -0.2) is 9.78 Å². The van der Waals surface area contributed by atoms with Gasteiger partial charge >= 0.3 is 5.97 Å². The van der Waals surface area contributed by atoms with Crippen LogP contribution in [0.4, 0.5) is 5.13 Å². The number of amides is 3. The fourth-order valence-electron chi connectivity index (χ4n) is 2.84. The van der Waals surface area contributed by atoms with Gasteiger partial charge in [-0.1, -0.05) is 5.16 Å². The fraction of sp³-hybridized carbons (Fsp3) is 0.474. The molecule has 0 aromatic carbocycles. The standard InChI is InChI=1S/C19H23N5O7S2/c1-19(2,3)31-12(26)6-30-23-13(11-8-33-18(21-11)20-9-25)15(27)22-14-16(28)24-5-10(29-4)7-32-17(14)24/h5,8-9,14,17H,6-7H2,1-4H3,(H,22,27)(H,20,21,25)/t14?,17-/m0/s1. The van der Waals surface area contributed by atoms with Crippen molar-refractivity contribution in [2.24, 2.45) is 5.16 Å². The van der Waals surface area contributed by atoms with Crippen molar-refractivity contribution in [3.05, 3.63) is 23.0 Å². The van der Waals surface area contributed by atoms with Crippen molar-refractivity contribution in [1.82, 2.24) is 15.2 Å². The van der Waals surface area contributed by atoms with Crippen LogP contribution in [0.15, 0.2) is 22.5 Å². The molecule has 0 bridgehead atoms. The highest BCUT2D eigenvalue weighted by atomic mass is 32.2. The summed E-state index contributed by atoms with van der Waals surface area (Å²) in [5.41, 5.74) is -0.860. The second-order valence-electron chi connectivity index (χ2n) is 7.80. The van der Waals surface area contributed by atoms with Gasteiger partial charge in [-0.3, -0.25) is 19.3 Å². The van der Waals surface area contributed by atoms with Crippen molar-refractivity contribution in [2.45, 2.75) is 37.8 Å². The molecule has 14 heteroatoms. The molecule has 0 radical (unpaired) electrons. The van der Waals surface area contributed by atoms with Crippen LogP contribution in [-0.2, 0) is 33.5 Å². The number of carbonyl (C=O) groups is 4. The number of β-lactam (4-membered cyclic amide) rings is 1. The van der Waals surface area contributed by atoms with E-state index in [4.69, 9.17) is 14.3 Å². The lowest BCUT2D eigenvalue weighted by atomic mass is 10.1. The zero-order valence-corrected chi connectivity index (χ0v) is 19.9. The first-order chi connectivity index (χ1) is 15.6. The molecule has 0 aliphatic carbocycles. The van der Waals surface area contributed by atoms with Gasteiger partial charge in [0.05, 0.1) is 12.9 Å². The number of hydrogen-bond acceptors (Lipinski definition) is 11. The molecule has 2 N–H and O–H groups in total. The highest BCUT2D eigenvalue weighted by Crippen LogP contribution is 2.36. The molecule has 0 saturated carbocycles. The van der Waals surface area contributed by atoms with E-state index < -0.39 is 30.1 Å². The molecule has 3 heterocycles. The number of nitrogens with zero attached hydrogens (tertiary/aromatic N) is 3. The van der Waals surface area contributed by atoms with E-state index in [0.717, 1.165) is 11.3 Å². The predicted molar refractivity (Wildman–Crippen MR) is 120 cm³/mol. The number of anilines is 1. The topological polar surface area (TPSA) is 149 Å². The number of thioether (sulfide) groups is 1. The lowest BCUT2D eigenvalue weighted by Gasteiger charge is -2.46. The summed E-state index contributed by atoms with van der Waals surface area (Å²) in [5.74, 6) is -0.473. The second kappa shape index (κ2) is 10.2. The number of methoxy groups -OCH3 is 1. The molecule has 2 aliphatic rings. The molecule has 3 amide bonds. The number of rotatable bonds is 9.